The van der Waals surface area contributed by atoms with Crippen LogP contribution in [0.25, 0.3) is 0 Å². The number of amides is 1. The van der Waals surface area contributed by atoms with Crippen LogP contribution in [0.3, 0.4) is 0 Å². The van der Waals surface area contributed by atoms with Crippen LogP contribution in [0.15, 0.2) is 52.8 Å². The summed E-state index contributed by atoms with van der Waals surface area (Å²) in [5.41, 5.74) is 4.49. The zero-order valence-corrected chi connectivity index (χ0v) is 20.6. The third-order valence-electron chi connectivity index (χ3n) is 7.30. The molecule has 1 amide bonds. The van der Waals surface area contributed by atoms with E-state index in [-0.39, 0.29) is 11.5 Å². The number of oxime groups is 1. The highest BCUT2D eigenvalue weighted by atomic mass is 19.2. The molecule has 1 aromatic carbocycles. The fourth-order valence-corrected chi connectivity index (χ4v) is 5.26. The highest BCUT2D eigenvalue weighted by molar-refractivity contribution is 6.11. The molecular formula is C27H30F2N4O3. The third kappa shape index (κ3) is 4.77. The molecule has 2 aromatic rings. The molecule has 190 valence electrons. The highest BCUT2D eigenvalue weighted by Gasteiger charge is 2.46. The molecule has 1 aromatic heterocycles. The maximum absolute atomic E-state index is 13.8. The minimum atomic E-state index is -0.949. The molecular weight excluding hydrogens is 466 g/mol. The smallest absolute Gasteiger partial charge is 0.226 e. The van der Waals surface area contributed by atoms with E-state index in [2.05, 4.69) is 15.0 Å². The topological polar surface area (TPSA) is 67.3 Å². The minimum absolute atomic E-state index is 0.169. The Morgan fingerprint density at radius 2 is 2.00 bits per heavy atom. The molecule has 0 bridgehead atoms. The van der Waals surface area contributed by atoms with Crippen molar-refractivity contribution >= 4 is 11.6 Å². The molecule has 0 radical (unpaired) electrons. The average Bonchev–Trinajstić information content (AvgIpc) is 3.20. The summed E-state index contributed by atoms with van der Waals surface area (Å²) >= 11 is 0. The maximum atomic E-state index is 13.8. The first-order chi connectivity index (χ1) is 17.4. The van der Waals surface area contributed by atoms with Crippen molar-refractivity contribution in [1.82, 2.24) is 14.8 Å². The van der Waals surface area contributed by atoms with Crippen LogP contribution in [-0.4, -0.2) is 71.9 Å². The van der Waals surface area contributed by atoms with Gasteiger partial charge in [-0.3, -0.25) is 14.7 Å². The number of aromatic nitrogens is 1. The summed E-state index contributed by atoms with van der Waals surface area (Å²) in [7, 11) is 1.85. The number of carbonyl (C=O) groups is 1. The summed E-state index contributed by atoms with van der Waals surface area (Å²) < 4.78 is 33.5. The second-order valence-electron chi connectivity index (χ2n) is 9.61. The zero-order chi connectivity index (χ0) is 25.3. The van der Waals surface area contributed by atoms with Crippen molar-refractivity contribution < 1.29 is 23.1 Å². The van der Waals surface area contributed by atoms with Crippen molar-refractivity contribution in [2.45, 2.75) is 38.3 Å². The number of carbonyl (C=O) groups excluding carboxylic acids is 1. The average molecular weight is 497 g/mol. The zero-order valence-electron chi connectivity index (χ0n) is 20.6. The quantitative estimate of drug-likeness (QED) is 0.347. The van der Waals surface area contributed by atoms with Crippen LogP contribution in [0.5, 0.6) is 0 Å². The summed E-state index contributed by atoms with van der Waals surface area (Å²) in [4.78, 5) is 26.2. The summed E-state index contributed by atoms with van der Waals surface area (Å²) in [5.74, 6) is -1.70. The van der Waals surface area contributed by atoms with Crippen molar-refractivity contribution in [1.29, 1.82) is 0 Å². The summed E-state index contributed by atoms with van der Waals surface area (Å²) in [6, 6.07) is 7.41. The summed E-state index contributed by atoms with van der Waals surface area (Å²) in [6.07, 6.45) is 4.00. The Morgan fingerprint density at radius 1 is 1.19 bits per heavy atom. The molecule has 5 rings (SSSR count). The Balaban J connectivity index is 1.25. The Hall–Kier alpha value is -3.17. The predicted molar refractivity (Wildman–Crippen MR) is 130 cm³/mol. The molecule has 4 heterocycles. The lowest BCUT2D eigenvalue weighted by Crippen LogP contribution is -2.46. The van der Waals surface area contributed by atoms with E-state index in [0.29, 0.717) is 43.1 Å². The van der Waals surface area contributed by atoms with Crippen LogP contribution < -0.4 is 0 Å². The number of likely N-dealkylation sites (N-methyl/N-ethyl adjacent to an activating group) is 1. The number of benzene rings is 1. The van der Waals surface area contributed by atoms with Crippen molar-refractivity contribution in [3.8, 4) is 0 Å². The van der Waals surface area contributed by atoms with E-state index in [1.54, 1.807) is 18.0 Å². The molecule has 0 unspecified atom stereocenters. The van der Waals surface area contributed by atoms with Crippen LogP contribution in [0.1, 0.15) is 43.0 Å². The van der Waals surface area contributed by atoms with Gasteiger partial charge in [0.2, 0.25) is 5.91 Å². The van der Waals surface area contributed by atoms with Gasteiger partial charge in [0, 0.05) is 45.0 Å². The van der Waals surface area contributed by atoms with Gasteiger partial charge in [0.1, 0.15) is 12.3 Å². The monoisotopic (exact) mass is 496 g/mol. The SMILES string of the molecule is CCON=C(c1ccc(F)c(F)c1)c1ccc(CN2CCC3(CC2)OCC2=C3CC(=O)N(C)C2)cn1. The second-order valence-corrected chi connectivity index (χ2v) is 9.61. The van der Waals surface area contributed by atoms with Gasteiger partial charge >= 0.3 is 0 Å². The lowest BCUT2D eigenvalue weighted by Gasteiger charge is -2.41. The van der Waals surface area contributed by atoms with E-state index in [4.69, 9.17) is 9.57 Å². The Morgan fingerprint density at radius 3 is 2.69 bits per heavy atom. The molecule has 3 aliphatic rings. The van der Waals surface area contributed by atoms with E-state index >= 15 is 0 Å². The Labute approximate surface area is 209 Å². The van der Waals surface area contributed by atoms with Crippen molar-refractivity contribution in [2.24, 2.45) is 5.16 Å². The largest absolute Gasteiger partial charge is 0.396 e. The number of ether oxygens (including phenoxy) is 1. The van der Waals surface area contributed by atoms with Crippen LogP contribution >= 0.6 is 0 Å². The van der Waals surface area contributed by atoms with E-state index in [0.717, 1.165) is 50.2 Å². The molecule has 1 saturated heterocycles. The summed E-state index contributed by atoms with van der Waals surface area (Å²) in [6.45, 7) is 5.92. The van der Waals surface area contributed by atoms with Gasteiger partial charge in [0.15, 0.2) is 11.6 Å². The molecule has 0 saturated carbocycles. The highest BCUT2D eigenvalue weighted by Crippen LogP contribution is 2.44. The van der Waals surface area contributed by atoms with Crippen LogP contribution in [0.4, 0.5) is 8.78 Å². The number of halogens is 2. The lowest BCUT2D eigenvalue weighted by atomic mass is 9.80. The van der Waals surface area contributed by atoms with E-state index in [1.807, 2.05) is 19.2 Å². The molecule has 3 aliphatic heterocycles. The van der Waals surface area contributed by atoms with Gasteiger partial charge in [0.05, 0.1) is 24.3 Å². The number of hydrogen-bond donors (Lipinski definition) is 0. The lowest BCUT2D eigenvalue weighted by molar-refractivity contribution is -0.129. The van der Waals surface area contributed by atoms with Crippen LogP contribution in [0, 0.1) is 11.6 Å². The molecule has 1 fully saturated rings. The van der Waals surface area contributed by atoms with Gasteiger partial charge in [-0.2, -0.15) is 0 Å². The molecule has 9 heteroatoms. The number of piperidine rings is 1. The maximum Gasteiger partial charge on any atom is 0.226 e. The van der Waals surface area contributed by atoms with Gasteiger partial charge in [-0.05, 0) is 60.7 Å². The number of pyridine rings is 1. The Kier molecular flexibility index (Phi) is 6.85. The molecule has 7 nitrogen and oxygen atoms in total. The number of rotatable bonds is 6. The molecule has 36 heavy (non-hydrogen) atoms. The van der Waals surface area contributed by atoms with Gasteiger partial charge in [-0.25, -0.2) is 8.78 Å². The van der Waals surface area contributed by atoms with E-state index in [9.17, 15) is 13.6 Å². The third-order valence-corrected chi connectivity index (χ3v) is 7.30. The fraction of sp³-hybridized carbons (Fsp3) is 0.444. The summed E-state index contributed by atoms with van der Waals surface area (Å²) in [5, 5.41) is 4.09. The molecule has 0 atom stereocenters. The number of hydrogen-bond acceptors (Lipinski definition) is 6. The van der Waals surface area contributed by atoms with Crippen LogP contribution in [-0.2, 0) is 20.9 Å². The van der Waals surface area contributed by atoms with Gasteiger partial charge in [-0.1, -0.05) is 11.2 Å². The second kappa shape index (κ2) is 10.1. The van der Waals surface area contributed by atoms with E-state index in [1.165, 1.54) is 17.2 Å². The predicted octanol–water partition coefficient (Wildman–Crippen LogP) is 3.67. The Bertz CT molecular complexity index is 1200. The van der Waals surface area contributed by atoms with Gasteiger partial charge in [-0.15, -0.1) is 0 Å². The molecule has 0 aliphatic carbocycles. The van der Waals surface area contributed by atoms with Gasteiger partial charge in [0.25, 0.3) is 0 Å². The van der Waals surface area contributed by atoms with Crippen molar-refractivity contribution in [3.05, 3.63) is 76.1 Å². The first kappa shape index (κ1) is 24.5. The van der Waals surface area contributed by atoms with E-state index < -0.39 is 11.6 Å². The van der Waals surface area contributed by atoms with Crippen molar-refractivity contribution in [3.63, 3.8) is 0 Å². The molecule has 1 spiro atoms. The minimum Gasteiger partial charge on any atom is -0.396 e. The van der Waals surface area contributed by atoms with Crippen molar-refractivity contribution in [2.75, 3.05) is 39.9 Å². The first-order valence-corrected chi connectivity index (χ1v) is 12.3. The first-order valence-electron chi connectivity index (χ1n) is 12.3. The number of nitrogens with zero attached hydrogens (tertiary/aromatic N) is 4. The van der Waals surface area contributed by atoms with Crippen LogP contribution in [0.2, 0.25) is 0 Å². The number of likely N-dealkylation sites (tertiary alicyclic amines) is 1. The standard InChI is InChI=1S/C27H30F2N4O3/c1-3-36-31-26(19-5-6-22(28)23(29)12-19)24-7-4-18(14-30-24)15-33-10-8-27(9-11-33)21-13-25(34)32(2)16-20(21)17-35-27/h4-7,12,14H,3,8-11,13,15-17H2,1-2H3. The fourth-order valence-electron chi connectivity index (χ4n) is 5.26. The normalized spacial score (nSPS) is 20.3. The van der Waals surface area contributed by atoms with Gasteiger partial charge < -0.3 is 14.5 Å². The molecule has 0 N–H and O–H groups in total. The number of fused-ring (bicyclic) bond motifs is 1.